The van der Waals surface area contributed by atoms with Crippen LogP contribution in [0, 0.1) is 5.92 Å². The first kappa shape index (κ1) is 18.0. The van der Waals surface area contributed by atoms with Crippen molar-refractivity contribution in [3.05, 3.63) is 56.2 Å². The normalized spacial score (nSPS) is 16.2. The summed E-state index contributed by atoms with van der Waals surface area (Å²) in [5, 5.41) is 8.04. The van der Waals surface area contributed by atoms with E-state index >= 15 is 0 Å². The number of carbonyl (C=O) groups is 2. The maximum atomic E-state index is 12.4. The van der Waals surface area contributed by atoms with Crippen molar-refractivity contribution in [1.82, 2.24) is 10.6 Å². The number of hydrogen-bond donors (Lipinski definition) is 2. The van der Waals surface area contributed by atoms with E-state index in [1.54, 1.807) is 35.6 Å². The monoisotopic (exact) mass is 376 g/mol. The molecule has 1 aliphatic carbocycles. The lowest BCUT2D eigenvalue weighted by Gasteiger charge is -2.18. The minimum Gasteiger partial charge on any atom is -0.350 e. The highest BCUT2D eigenvalue weighted by molar-refractivity contribution is 7.10. The smallest absolute Gasteiger partial charge is 0.252 e. The zero-order valence-corrected chi connectivity index (χ0v) is 15.7. The van der Waals surface area contributed by atoms with E-state index in [9.17, 15) is 9.59 Å². The molecule has 0 aliphatic heterocycles. The highest BCUT2D eigenvalue weighted by Gasteiger charge is 2.22. The second kappa shape index (κ2) is 8.02. The zero-order chi connectivity index (χ0) is 17.8. The lowest BCUT2D eigenvalue weighted by Crippen LogP contribution is -2.35. The molecule has 1 unspecified atom stereocenters. The first-order valence-corrected chi connectivity index (χ1v) is 9.72. The molecule has 0 saturated carbocycles. The van der Waals surface area contributed by atoms with Gasteiger partial charge in [-0.3, -0.25) is 9.59 Å². The van der Waals surface area contributed by atoms with Gasteiger partial charge < -0.3 is 10.6 Å². The van der Waals surface area contributed by atoms with Gasteiger partial charge in [-0.15, -0.1) is 11.3 Å². The lowest BCUT2D eigenvalue weighted by molar-refractivity contribution is 0.0927. The van der Waals surface area contributed by atoms with Crippen LogP contribution in [0.15, 0.2) is 29.6 Å². The lowest BCUT2D eigenvalue weighted by atomic mass is 9.88. The number of fused-ring (bicyclic) bond motifs is 1. The Balaban J connectivity index is 1.49. The number of amides is 2. The Labute approximate surface area is 156 Å². The average molecular weight is 377 g/mol. The highest BCUT2D eigenvalue weighted by Crippen LogP contribution is 2.32. The fourth-order valence-corrected chi connectivity index (χ4v) is 4.52. The summed E-state index contributed by atoms with van der Waals surface area (Å²) in [6.45, 7) is 3.00. The van der Waals surface area contributed by atoms with Crippen molar-refractivity contribution >= 4 is 34.8 Å². The maximum absolute atomic E-state index is 12.4. The van der Waals surface area contributed by atoms with Crippen molar-refractivity contribution < 1.29 is 9.59 Å². The molecule has 1 atom stereocenters. The Kier molecular flexibility index (Phi) is 5.76. The van der Waals surface area contributed by atoms with Crippen molar-refractivity contribution in [3.63, 3.8) is 0 Å². The molecule has 0 spiro atoms. The molecule has 0 fully saturated rings. The van der Waals surface area contributed by atoms with E-state index in [2.05, 4.69) is 17.6 Å². The molecular formula is C19H21ClN2O2S. The third-order valence-corrected chi connectivity index (χ3v) is 5.84. The van der Waals surface area contributed by atoms with Gasteiger partial charge in [0.05, 0.1) is 16.1 Å². The first-order valence-electron chi connectivity index (χ1n) is 8.46. The van der Waals surface area contributed by atoms with Crippen molar-refractivity contribution in [1.29, 1.82) is 0 Å². The van der Waals surface area contributed by atoms with Gasteiger partial charge in [-0.25, -0.2) is 0 Å². The molecule has 1 aliphatic rings. The third-order valence-electron chi connectivity index (χ3n) is 4.46. The van der Waals surface area contributed by atoms with Crippen molar-refractivity contribution in [2.45, 2.75) is 26.2 Å². The first-order chi connectivity index (χ1) is 12.1. The number of benzene rings is 1. The molecule has 1 aromatic heterocycles. The topological polar surface area (TPSA) is 58.2 Å². The van der Waals surface area contributed by atoms with Crippen LogP contribution in [0.4, 0.5) is 0 Å². The quantitative estimate of drug-likeness (QED) is 0.782. The van der Waals surface area contributed by atoms with E-state index in [1.165, 1.54) is 10.4 Å². The summed E-state index contributed by atoms with van der Waals surface area (Å²) in [6, 6.07) is 6.90. The van der Waals surface area contributed by atoms with Crippen LogP contribution in [-0.2, 0) is 12.8 Å². The number of rotatable bonds is 5. The van der Waals surface area contributed by atoms with E-state index in [0.29, 0.717) is 29.6 Å². The molecule has 4 nitrogen and oxygen atoms in total. The molecule has 2 N–H and O–H groups in total. The largest absolute Gasteiger partial charge is 0.350 e. The Morgan fingerprint density at radius 1 is 1.16 bits per heavy atom. The van der Waals surface area contributed by atoms with Gasteiger partial charge in [0.25, 0.3) is 11.8 Å². The van der Waals surface area contributed by atoms with Crippen LogP contribution >= 0.6 is 22.9 Å². The number of halogens is 1. The second-order valence-electron chi connectivity index (χ2n) is 6.39. The Bertz CT molecular complexity index is 787. The average Bonchev–Trinajstić information content (AvgIpc) is 3.01. The van der Waals surface area contributed by atoms with Gasteiger partial charge in [0.15, 0.2) is 0 Å². The van der Waals surface area contributed by atoms with E-state index in [-0.39, 0.29) is 11.8 Å². The number of hydrogen-bond acceptors (Lipinski definition) is 3. The summed E-state index contributed by atoms with van der Waals surface area (Å²) < 4.78 is 0. The van der Waals surface area contributed by atoms with Crippen LogP contribution in [0.25, 0.3) is 0 Å². The van der Waals surface area contributed by atoms with E-state index in [1.807, 2.05) is 5.38 Å². The van der Waals surface area contributed by atoms with E-state index in [0.717, 1.165) is 24.8 Å². The summed E-state index contributed by atoms with van der Waals surface area (Å²) in [6.07, 6.45) is 3.19. The van der Waals surface area contributed by atoms with Crippen LogP contribution in [0.3, 0.4) is 0 Å². The van der Waals surface area contributed by atoms with E-state index in [4.69, 9.17) is 11.6 Å². The Morgan fingerprint density at radius 2 is 1.84 bits per heavy atom. The molecule has 2 aromatic rings. The van der Waals surface area contributed by atoms with Gasteiger partial charge in [0.1, 0.15) is 0 Å². The molecule has 25 heavy (non-hydrogen) atoms. The standard InChI is InChI=1S/C19H21ClN2O2S/c1-12-6-7-13-15(11-25-17(13)10-12)19(24)22-9-8-21-18(23)14-4-2-3-5-16(14)20/h2-5,11-12H,6-10H2,1H3,(H,21,23)(H,22,24). The van der Waals surface area contributed by atoms with Crippen LogP contribution < -0.4 is 10.6 Å². The number of nitrogens with one attached hydrogen (secondary N) is 2. The highest BCUT2D eigenvalue weighted by atomic mass is 35.5. The summed E-state index contributed by atoms with van der Waals surface area (Å²) in [7, 11) is 0. The van der Waals surface area contributed by atoms with Gasteiger partial charge in [-0.1, -0.05) is 30.7 Å². The molecule has 2 amide bonds. The molecule has 0 saturated heterocycles. The fraction of sp³-hybridized carbons (Fsp3) is 0.368. The summed E-state index contributed by atoms with van der Waals surface area (Å²) in [5.74, 6) is 0.405. The molecule has 0 radical (unpaired) electrons. The number of thiophene rings is 1. The van der Waals surface area contributed by atoms with Gasteiger partial charge in [-0.05, 0) is 42.9 Å². The fourth-order valence-electron chi connectivity index (χ4n) is 3.06. The van der Waals surface area contributed by atoms with Gasteiger partial charge in [0.2, 0.25) is 0 Å². The minimum atomic E-state index is -0.234. The van der Waals surface area contributed by atoms with Crippen molar-refractivity contribution in [2.24, 2.45) is 5.92 Å². The molecule has 132 valence electrons. The Morgan fingerprint density at radius 3 is 2.56 bits per heavy atom. The maximum Gasteiger partial charge on any atom is 0.252 e. The predicted molar refractivity (Wildman–Crippen MR) is 102 cm³/mol. The minimum absolute atomic E-state index is 0.0564. The van der Waals surface area contributed by atoms with Gasteiger partial charge in [-0.2, -0.15) is 0 Å². The van der Waals surface area contributed by atoms with Crippen LogP contribution in [0.1, 0.15) is 44.5 Å². The SMILES string of the molecule is CC1CCc2c(C(=O)NCCNC(=O)c3ccccc3Cl)csc2C1. The van der Waals surface area contributed by atoms with E-state index < -0.39 is 0 Å². The molecule has 3 rings (SSSR count). The van der Waals surface area contributed by atoms with Crippen molar-refractivity contribution in [2.75, 3.05) is 13.1 Å². The van der Waals surface area contributed by atoms with Gasteiger partial charge >= 0.3 is 0 Å². The molecule has 1 heterocycles. The van der Waals surface area contributed by atoms with Crippen molar-refractivity contribution in [3.8, 4) is 0 Å². The zero-order valence-electron chi connectivity index (χ0n) is 14.1. The number of carbonyl (C=O) groups excluding carboxylic acids is 2. The van der Waals surface area contributed by atoms with Crippen LogP contribution in [0.2, 0.25) is 5.02 Å². The van der Waals surface area contributed by atoms with Crippen LogP contribution in [-0.4, -0.2) is 24.9 Å². The third kappa shape index (κ3) is 4.22. The summed E-state index contributed by atoms with van der Waals surface area (Å²) in [4.78, 5) is 25.8. The predicted octanol–water partition coefficient (Wildman–Crippen LogP) is 3.69. The second-order valence-corrected chi connectivity index (χ2v) is 7.76. The molecular weight excluding hydrogens is 356 g/mol. The van der Waals surface area contributed by atoms with Gasteiger partial charge in [0, 0.05) is 23.3 Å². The van der Waals surface area contributed by atoms with Crippen LogP contribution in [0.5, 0.6) is 0 Å². The Hall–Kier alpha value is -1.85. The molecule has 0 bridgehead atoms. The molecule has 1 aromatic carbocycles. The summed E-state index contributed by atoms with van der Waals surface area (Å²) in [5.41, 5.74) is 2.45. The summed E-state index contributed by atoms with van der Waals surface area (Å²) >= 11 is 7.68. The molecule has 6 heteroatoms.